The lowest BCUT2D eigenvalue weighted by Crippen LogP contribution is -2.07. The minimum absolute atomic E-state index is 0.00977. The summed E-state index contributed by atoms with van der Waals surface area (Å²) in [5, 5.41) is -0.00977. The summed E-state index contributed by atoms with van der Waals surface area (Å²) in [4.78, 5) is 7.84. The second-order valence-electron chi connectivity index (χ2n) is 2.35. The van der Waals surface area contributed by atoms with Gasteiger partial charge in [-0.25, -0.2) is 4.99 Å². The molecule has 0 amide bonds. The maximum Gasteiger partial charge on any atom is 0.195 e. The van der Waals surface area contributed by atoms with Gasteiger partial charge in [0, 0.05) is 12.6 Å². The minimum atomic E-state index is -0.00977. The van der Waals surface area contributed by atoms with E-state index < -0.39 is 0 Å². The lowest BCUT2D eigenvalue weighted by atomic mass is 10.2. The van der Waals surface area contributed by atoms with E-state index in [2.05, 4.69) is 9.98 Å². The highest BCUT2D eigenvalue weighted by Crippen LogP contribution is 2.02. The van der Waals surface area contributed by atoms with Gasteiger partial charge >= 0.3 is 0 Å². The second-order valence-corrected chi connectivity index (χ2v) is 2.74. The van der Waals surface area contributed by atoms with Crippen LogP contribution in [-0.4, -0.2) is 18.2 Å². The Labute approximate surface area is 82.0 Å². The molecule has 68 valence electrons. The predicted octanol–water partition coefficient (Wildman–Crippen LogP) is 1.62. The number of amidine groups is 2. The molecule has 0 aliphatic carbocycles. The molecule has 1 rings (SSSR count). The molecule has 2 N–H and O–H groups in total. The average molecular weight is 196 g/mol. The summed E-state index contributed by atoms with van der Waals surface area (Å²) in [5.74, 6) is 0.535. The third kappa shape index (κ3) is 2.87. The number of hydrogen-bond donors (Lipinski definition) is 1. The number of nitrogens with zero attached hydrogens (tertiary/aromatic N) is 2. The molecular weight excluding hydrogens is 186 g/mol. The molecule has 0 radical (unpaired) electrons. The van der Waals surface area contributed by atoms with Gasteiger partial charge in [0.15, 0.2) is 11.1 Å². The van der Waals surface area contributed by atoms with Gasteiger partial charge < -0.3 is 5.73 Å². The van der Waals surface area contributed by atoms with Crippen LogP contribution in [-0.2, 0) is 0 Å². The van der Waals surface area contributed by atoms with E-state index in [1.807, 2.05) is 30.3 Å². The maximum atomic E-state index is 5.45. The molecule has 1 aromatic carbocycles. The molecule has 4 heteroatoms. The molecular formula is C9H10ClN3. The largest absolute Gasteiger partial charge is 0.374 e. The smallest absolute Gasteiger partial charge is 0.195 e. The predicted molar refractivity (Wildman–Crippen MR) is 56.4 cm³/mol. The number of halogens is 1. The Morgan fingerprint density at radius 1 is 1.31 bits per heavy atom. The van der Waals surface area contributed by atoms with E-state index in [1.165, 1.54) is 0 Å². The van der Waals surface area contributed by atoms with Crippen molar-refractivity contribution in [1.82, 2.24) is 0 Å². The van der Waals surface area contributed by atoms with E-state index in [9.17, 15) is 0 Å². The van der Waals surface area contributed by atoms with Crippen LogP contribution in [0, 0.1) is 0 Å². The van der Waals surface area contributed by atoms with E-state index >= 15 is 0 Å². The molecule has 1 aromatic rings. The highest BCUT2D eigenvalue weighted by atomic mass is 35.5. The SMILES string of the molecule is CN=C(N=C(N)Cl)c1ccccc1. The molecule has 0 saturated heterocycles. The topological polar surface area (TPSA) is 50.7 Å². The van der Waals surface area contributed by atoms with Crippen LogP contribution in [0.5, 0.6) is 0 Å². The molecule has 0 fully saturated rings. The van der Waals surface area contributed by atoms with Gasteiger partial charge in [0.2, 0.25) is 0 Å². The summed E-state index contributed by atoms with van der Waals surface area (Å²) in [7, 11) is 1.64. The Kier molecular flexibility index (Phi) is 3.46. The molecule has 0 bridgehead atoms. The van der Waals surface area contributed by atoms with Crippen LogP contribution in [0.3, 0.4) is 0 Å². The first-order valence-electron chi connectivity index (χ1n) is 3.76. The lowest BCUT2D eigenvalue weighted by Gasteiger charge is -1.98. The van der Waals surface area contributed by atoms with Crippen LogP contribution in [0.2, 0.25) is 0 Å². The maximum absolute atomic E-state index is 5.45. The van der Waals surface area contributed by atoms with Gasteiger partial charge in [0.25, 0.3) is 0 Å². The van der Waals surface area contributed by atoms with Gasteiger partial charge in [-0.05, 0) is 11.6 Å². The van der Waals surface area contributed by atoms with E-state index in [1.54, 1.807) is 7.05 Å². The Bertz CT molecular complexity index is 326. The molecule has 0 aromatic heterocycles. The molecule has 3 nitrogen and oxygen atoms in total. The summed E-state index contributed by atoms with van der Waals surface area (Å²) >= 11 is 5.45. The quantitative estimate of drug-likeness (QED) is 0.413. The van der Waals surface area contributed by atoms with Gasteiger partial charge in [-0.3, -0.25) is 4.99 Å². The zero-order chi connectivity index (χ0) is 9.68. The number of rotatable bonds is 1. The van der Waals surface area contributed by atoms with Gasteiger partial charge in [0.05, 0.1) is 0 Å². The van der Waals surface area contributed by atoms with Crippen molar-refractivity contribution in [3.8, 4) is 0 Å². The van der Waals surface area contributed by atoms with Crippen molar-refractivity contribution >= 4 is 22.7 Å². The summed E-state index contributed by atoms with van der Waals surface area (Å²) in [6.07, 6.45) is 0. The van der Waals surface area contributed by atoms with Crippen molar-refractivity contribution in [1.29, 1.82) is 0 Å². The Morgan fingerprint density at radius 3 is 2.38 bits per heavy atom. The first kappa shape index (κ1) is 9.74. The van der Waals surface area contributed by atoms with E-state index in [4.69, 9.17) is 17.3 Å². The van der Waals surface area contributed by atoms with E-state index in [-0.39, 0.29) is 5.29 Å². The minimum Gasteiger partial charge on any atom is -0.374 e. The van der Waals surface area contributed by atoms with E-state index in [0.717, 1.165) is 5.56 Å². The Morgan fingerprint density at radius 2 is 1.92 bits per heavy atom. The average Bonchev–Trinajstić information content (AvgIpc) is 2.15. The molecule has 0 unspecified atom stereocenters. The fourth-order valence-electron chi connectivity index (χ4n) is 0.932. The van der Waals surface area contributed by atoms with Crippen LogP contribution in [0.25, 0.3) is 0 Å². The van der Waals surface area contributed by atoms with Crippen molar-refractivity contribution in [3.05, 3.63) is 35.9 Å². The zero-order valence-corrected chi connectivity index (χ0v) is 7.99. The summed E-state index contributed by atoms with van der Waals surface area (Å²) in [5.41, 5.74) is 6.14. The van der Waals surface area contributed by atoms with Gasteiger partial charge in [-0.1, -0.05) is 30.3 Å². The standard InChI is InChI=1S/C9H10ClN3/c1-12-8(13-9(10)11)7-5-3-2-4-6-7/h2-6H,1H3,(H2,11,12,13). The van der Waals surface area contributed by atoms with Crippen molar-refractivity contribution in [2.75, 3.05) is 7.05 Å². The number of benzene rings is 1. The highest BCUT2D eigenvalue weighted by molar-refractivity contribution is 6.65. The van der Waals surface area contributed by atoms with Gasteiger partial charge in [0.1, 0.15) is 0 Å². The summed E-state index contributed by atoms with van der Waals surface area (Å²) in [6.45, 7) is 0. The molecule has 0 aliphatic rings. The molecule has 0 atom stereocenters. The number of hydrogen-bond acceptors (Lipinski definition) is 1. The van der Waals surface area contributed by atoms with Crippen LogP contribution >= 0.6 is 11.6 Å². The first-order valence-corrected chi connectivity index (χ1v) is 4.13. The molecule has 13 heavy (non-hydrogen) atoms. The number of aliphatic imine (C=N–C) groups is 2. The lowest BCUT2D eigenvalue weighted by molar-refractivity contribution is 1.38. The second kappa shape index (κ2) is 4.62. The molecule has 0 aliphatic heterocycles. The van der Waals surface area contributed by atoms with Crippen LogP contribution in [0.1, 0.15) is 5.56 Å². The van der Waals surface area contributed by atoms with E-state index in [0.29, 0.717) is 5.84 Å². The van der Waals surface area contributed by atoms with Crippen molar-refractivity contribution in [2.45, 2.75) is 0 Å². The third-order valence-corrected chi connectivity index (χ3v) is 1.54. The van der Waals surface area contributed by atoms with Gasteiger partial charge in [-0.2, -0.15) is 0 Å². The fraction of sp³-hybridized carbons (Fsp3) is 0.111. The Hall–Kier alpha value is -1.35. The van der Waals surface area contributed by atoms with Crippen LogP contribution in [0.4, 0.5) is 0 Å². The summed E-state index contributed by atoms with van der Waals surface area (Å²) in [6, 6.07) is 9.52. The van der Waals surface area contributed by atoms with Gasteiger partial charge in [-0.15, -0.1) is 0 Å². The Balaban J connectivity index is 3.00. The highest BCUT2D eigenvalue weighted by Gasteiger charge is 1.99. The zero-order valence-electron chi connectivity index (χ0n) is 7.24. The van der Waals surface area contributed by atoms with Crippen molar-refractivity contribution in [2.24, 2.45) is 15.7 Å². The molecule has 0 heterocycles. The van der Waals surface area contributed by atoms with Crippen LogP contribution in [0.15, 0.2) is 40.3 Å². The molecule has 0 saturated carbocycles. The summed E-state index contributed by atoms with van der Waals surface area (Å²) < 4.78 is 0. The third-order valence-electron chi connectivity index (χ3n) is 1.46. The molecule has 0 spiro atoms. The monoisotopic (exact) mass is 195 g/mol. The van der Waals surface area contributed by atoms with Crippen LogP contribution < -0.4 is 5.73 Å². The first-order chi connectivity index (χ1) is 6.24. The van der Waals surface area contributed by atoms with Crippen molar-refractivity contribution in [3.63, 3.8) is 0 Å². The normalized spacial score (nSPS) is 13.1. The van der Waals surface area contributed by atoms with Crippen molar-refractivity contribution < 1.29 is 0 Å². The fourth-order valence-corrected chi connectivity index (χ4v) is 1.01. The number of nitrogens with two attached hydrogens (primary N) is 1.